The van der Waals surface area contributed by atoms with E-state index in [0.29, 0.717) is 0 Å². The molecule has 2 rings (SSSR count). The van der Waals surface area contributed by atoms with Gasteiger partial charge in [0.1, 0.15) is 5.82 Å². The molecule has 102 valence electrons. The minimum absolute atomic E-state index is 0.237. The maximum atomic E-state index is 4.33. The summed E-state index contributed by atoms with van der Waals surface area (Å²) < 4.78 is 2.18. The van der Waals surface area contributed by atoms with E-state index in [2.05, 4.69) is 79.2 Å². The van der Waals surface area contributed by atoms with Gasteiger partial charge in [-0.1, -0.05) is 44.8 Å². The van der Waals surface area contributed by atoms with Crippen LogP contribution in [-0.2, 0) is 0 Å². The van der Waals surface area contributed by atoms with Crippen molar-refractivity contribution in [3.63, 3.8) is 0 Å². The fourth-order valence-corrected chi connectivity index (χ4v) is 3.49. The van der Waals surface area contributed by atoms with Crippen LogP contribution >= 0.6 is 31.9 Å². The first-order valence-electron chi connectivity index (χ1n) is 6.32. The zero-order valence-electron chi connectivity index (χ0n) is 11.0. The van der Waals surface area contributed by atoms with Gasteiger partial charge in [-0.25, -0.2) is 4.98 Å². The number of benzene rings is 1. The predicted octanol–water partition coefficient (Wildman–Crippen LogP) is 4.74. The summed E-state index contributed by atoms with van der Waals surface area (Å²) in [6.45, 7) is 4.32. The minimum Gasteiger partial charge on any atom is -0.347 e. The topological polar surface area (TPSA) is 40.7 Å². The number of rotatable bonds is 5. The second-order valence-corrected chi connectivity index (χ2v) is 6.26. The standard InChI is InChI=1S/C14H17Br2N3/c1-3-13(14-17-6-7-18-14)19-9(2)11-5-4-10(15)8-12(11)16/h4-9,13,19H,3H2,1-2H3,(H,17,18). The van der Waals surface area contributed by atoms with Gasteiger partial charge in [0.25, 0.3) is 0 Å². The van der Waals surface area contributed by atoms with Crippen LogP contribution in [0.3, 0.4) is 0 Å². The molecule has 2 unspecified atom stereocenters. The van der Waals surface area contributed by atoms with Gasteiger partial charge in [-0.3, -0.25) is 0 Å². The lowest BCUT2D eigenvalue weighted by atomic mass is 10.1. The molecular formula is C14H17Br2N3. The maximum Gasteiger partial charge on any atom is 0.123 e. The highest BCUT2D eigenvalue weighted by Gasteiger charge is 2.17. The summed E-state index contributed by atoms with van der Waals surface area (Å²) in [6, 6.07) is 6.74. The minimum atomic E-state index is 0.237. The largest absolute Gasteiger partial charge is 0.347 e. The number of imidazole rings is 1. The zero-order chi connectivity index (χ0) is 13.8. The molecule has 0 saturated heterocycles. The molecular weight excluding hydrogens is 370 g/mol. The summed E-state index contributed by atoms with van der Waals surface area (Å²) in [5, 5.41) is 3.61. The van der Waals surface area contributed by atoms with Crippen molar-refractivity contribution >= 4 is 31.9 Å². The number of halogens is 2. The molecule has 0 spiro atoms. The Morgan fingerprint density at radius 2 is 2.16 bits per heavy atom. The van der Waals surface area contributed by atoms with Crippen molar-refractivity contribution in [2.45, 2.75) is 32.4 Å². The number of aromatic nitrogens is 2. The van der Waals surface area contributed by atoms with E-state index in [-0.39, 0.29) is 12.1 Å². The SMILES string of the molecule is CCC(NC(C)c1ccc(Br)cc1Br)c1ncc[nH]1. The molecule has 0 fully saturated rings. The van der Waals surface area contributed by atoms with E-state index in [1.165, 1.54) is 5.56 Å². The van der Waals surface area contributed by atoms with Crippen LogP contribution in [-0.4, -0.2) is 9.97 Å². The Morgan fingerprint density at radius 1 is 1.37 bits per heavy atom. The molecule has 2 atom stereocenters. The molecule has 0 aliphatic rings. The van der Waals surface area contributed by atoms with E-state index in [0.717, 1.165) is 21.2 Å². The normalized spacial score (nSPS) is 14.3. The fraction of sp³-hybridized carbons (Fsp3) is 0.357. The lowest BCUT2D eigenvalue weighted by Gasteiger charge is -2.22. The van der Waals surface area contributed by atoms with Crippen molar-refractivity contribution in [1.29, 1.82) is 0 Å². The van der Waals surface area contributed by atoms with Crippen LogP contribution in [0.2, 0.25) is 0 Å². The van der Waals surface area contributed by atoms with E-state index in [9.17, 15) is 0 Å². The Kier molecular flexibility index (Phi) is 5.19. The number of hydrogen-bond donors (Lipinski definition) is 2. The summed E-state index contributed by atoms with van der Waals surface area (Å²) in [7, 11) is 0. The second-order valence-electron chi connectivity index (χ2n) is 4.49. The first kappa shape index (κ1) is 14.8. The molecule has 19 heavy (non-hydrogen) atoms. The van der Waals surface area contributed by atoms with Gasteiger partial charge in [0, 0.05) is 27.4 Å². The van der Waals surface area contributed by atoms with Gasteiger partial charge < -0.3 is 10.3 Å². The van der Waals surface area contributed by atoms with Gasteiger partial charge >= 0.3 is 0 Å². The fourth-order valence-electron chi connectivity index (χ4n) is 2.10. The number of H-pyrrole nitrogens is 1. The molecule has 0 bridgehead atoms. The van der Waals surface area contributed by atoms with Crippen molar-refractivity contribution in [3.05, 3.63) is 50.9 Å². The number of aromatic amines is 1. The number of nitrogens with zero attached hydrogens (tertiary/aromatic N) is 1. The lowest BCUT2D eigenvalue weighted by Crippen LogP contribution is -2.25. The summed E-state index contributed by atoms with van der Waals surface area (Å²) >= 11 is 7.09. The Hall–Kier alpha value is -0.650. The first-order chi connectivity index (χ1) is 9.11. The third-order valence-electron chi connectivity index (χ3n) is 3.14. The summed E-state index contributed by atoms with van der Waals surface area (Å²) in [4.78, 5) is 7.51. The highest BCUT2D eigenvalue weighted by atomic mass is 79.9. The molecule has 0 amide bonds. The second kappa shape index (κ2) is 6.68. The zero-order valence-corrected chi connectivity index (χ0v) is 14.1. The van der Waals surface area contributed by atoms with E-state index in [4.69, 9.17) is 0 Å². The van der Waals surface area contributed by atoms with Crippen molar-refractivity contribution in [1.82, 2.24) is 15.3 Å². The van der Waals surface area contributed by atoms with Crippen LogP contribution in [0.15, 0.2) is 39.5 Å². The van der Waals surface area contributed by atoms with Crippen molar-refractivity contribution in [3.8, 4) is 0 Å². The molecule has 1 heterocycles. The molecule has 0 radical (unpaired) electrons. The predicted molar refractivity (Wildman–Crippen MR) is 85.0 cm³/mol. The molecule has 2 aromatic rings. The molecule has 5 heteroatoms. The molecule has 0 aliphatic carbocycles. The smallest absolute Gasteiger partial charge is 0.123 e. The van der Waals surface area contributed by atoms with Gasteiger partial charge in [-0.2, -0.15) is 0 Å². The van der Waals surface area contributed by atoms with Gasteiger partial charge in [-0.05, 0) is 31.0 Å². The Morgan fingerprint density at radius 3 is 2.74 bits per heavy atom. The van der Waals surface area contributed by atoms with Crippen molar-refractivity contribution in [2.24, 2.45) is 0 Å². The lowest BCUT2D eigenvalue weighted by molar-refractivity contribution is 0.440. The summed E-state index contributed by atoms with van der Waals surface area (Å²) in [6.07, 6.45) is 4.64. The Bertz CT molecular complexity index is 525. The van der Waals surface area contributed by atoms with E-state index in [1.807, 2.05) is 6.20 Å². The van der Waals surface area contributed by atoms with E-state index in [1.54, 1.807) is 6.20 Å². The van der Waals surface area contributed by atoms with Crippen LogP contribution in [0.1, 0.15) is 43.7 Å². The van der Waals surface area contributed by atoms with Gasteiger partial charge in [0.05, 0.1) is 6.04 Å². The number of hydrogen-bond acceptors (Lipinski definition) is 2. The highest BCUT2D eigenvalue weighted by molar-refractivity contribution is 9.11. The van der Waals surface area contributed by atoms with Crippen molar-refractivity contribution in [2.75, 3.05) is 0 Å². The average Bonchev–Trinajstić information content (AvgIpc) is 2.89. The van der Waals surface area contributed by atoms with Crippen LogP contribution in [0.5, 0.6) is 0 Å². The van der Waals surface area contributed by atoms with E-state index >= 15 is 0 Å². The van der Waals surface area contributed by atoms with Crippen molar-refractivity contribution < 1.29 is 0 Å². The van der Waals surface area contributed by atoms with Crippen LogP contribution in [0.4, 0.5) is 0 Å². The quantitative estimate of drug-likeness (QED) is 0.779. The summed E-state index contributed by atoms with van der Waals surface area (Å²) in [5.41, 5.74) is 1.24. The van der Waals surface area contributed by atoms with E-state index < -0.39 is 0 Å². The Labute approximate surface area is 130 Å². The Balaban J connectivity index is 2.13. The molecule has 1 aromatic heterocycles. The van der Waals surface area contributed by atoms with Crippen LogP contribution < -0.4 is 5.32 Å². The van der Waals surface area contributed by atoms with Gasteiger partial charge in [-0.15, -0.1) is 0 Å². The van der Waals surface area contributed by atoms with Gasteiger partial charge in [0.15, 0.2) is 0 Å². The highest BCUT2D eigenvalue weighted by Crippen LogP contribution is 2.28. The number of nitrogens with one attached hydrogen (secondary N) is 2. The van der Waals surface area contributed by atoms with Gasteiger partial charge in [0.2, 0.25) is 0 Å². The third kappa shape index (κ3) is 3.68. The molecule has 0 saturated carbocycles. The van der Waals surface area contributed by atoms with Crippen LogP contribution in [0.25, 0.3) is 0 Å². The molecule has 3 nitrogen and oxygen atoms in total. The first-order valence-corrected chi connectivity index (χ1v) is 7.90. The summed E-state index contributed by atoms with van der Waals surface area (Å²) in [5.74, 6) is 0.989. The maximum absolute atomic E-state index is 4.33. The molecule has 1 aromatic carbocycles. The molecule has 0 aliphatic heterocycles. The average molecular weight is 387 g/mol. The molecule has 2 N–H and O–H groups in total. The monoisotopic (exact) mass is 385 g/mol. The van der Waals surface area contributed by atoms with Crippen LogP contribution in [0, 0.1) is 0 Å². The third-order valence-corrected chi connectivity index (χ3v) is 4.32.